The van der Waals surface area contributed by atoms with E-state index in [2.05, 4.69) is 30.8 Å². The SMILES string of the molecule is C=C(C/C=C(/C(=O)c1ccc(Sc2ccccc2)cc1)C(/C=C\C)Sc1ccccc1)C(=O)c1ccc(Sc2ccccc2)cc1. The van der Waals surface area contributed by atoms with Gasteiger partial charge in [-0.1, -0.05) is 103 Å². The molecule has 46 heavy (non-hydrogen) atoms. The highest BCUT2D eigenvalue weighted by molar-refractivity contribution is 8.00. The van der Waals surface area contributed by atoms with Crippen molar-refractivity contribution in [1.82, 2.24) is 0 Å². The molecule has 0 saturated heterocycles. The van der Waals surface area contributed by atoms with Gasteiger partial charge in [0.25, 0.3) is 0 Å². The third-order valence-corrected chi connectivity index (χ3v) is 10.3. The van der Waals surface area contributed by atoms with Crippen molar-refractivity contribution in [2.75, 3.05) is 0 Å². The van der Waals surface area contributed by atoms with Crippen LogP contribution in [-0.4, -0.2) is 16.8 Å². The van der Waals surface area contributed by atoms with E-state index in [0.717, 1.165) is 24.5 Å². The summed E-state index contributed by atoms with van der Waals surface area (Å²) in [7, 11) is 0. The molecule has 0 aliphatic carbocycles. The number of hydrogen-bond donors (Lipinski definition) is 0. The third-order valence-electron chi connectivity index (χ3n) is 7.02. The van der Waals surface area contributed by atoms with E-state index in [1.54, 1.807) is 35.3 Å². The predicted octanol–water partition coefficient (Wildman–Crippen LogP) is 11.7. The molecular formula is C41H34O2S3. The number of benzene rings is 5. The monoisotopic (exact) mass is 654 g/mol. The Morgan fingerprint density at radius 3 is 1.46 bits per heavy atom. The summed E-state index contributed by atoms with van der Waals surface area (Å²) in [5.74, 6) is -0.190. The topological polar surface area (TPSA) is 34.1 Å². The fourth-order valence-corrected chi connectivity index (χ4v) is 7.51. The first kappa shape index (κ1) is 33.1. The van der Waals surface area contributed by atoms with Crippen molar-refractivity contribution in [2.45, 2.75) is 43.1 Å². The van der Waals surface area contributed by atoms with Crippen LogP contribution in [-0.2, 0) is 0 Å². The zero-order chi connectivity index (χ0) is 32.1. The van der Waals surface area contributed by atoms with Crippen molar-refractivity contribution in [3.05, 3.63) is 187 Å². The van der Waals surface area contributed by atoms with Crippen LogP contribution >= 0.6 is 35.3 Å². The van der Waals surface area contributed by atoms with Crippen molar-refractivity contribution in [1.29, 1.82) is 0 Å². The fourth-order valence-electron chi connectivity index (χ4n) is 4.66. The lowest BCUT2D eigenvalue weighted by molar-refractivity contribution is 0.102. The molecule has 0 aliphatic rings. The number of ketones is 2. The molecule has 0 N–H and O–H groups in total. The largest absolute Gasteiger partial charge is 0.289 e. The second kappa shape index (κ2) is 16.9. The summed E-state index contributed by atoms with van der Waals surface area (Å²) in [5, 5.41) is -0.240. The number of carbonyl (C=O) groups excluding carboxylic acids is 2. The van der Waals surface area contributed by atoms with Gasteiger partial charge in [-0.3, -0.25) is 9.59 Å². The van der Waals surface area contributed by atoms with Crippen LogP contribution in [0, 0.1) is 0 Å². The number of Topliss-reactive ketones (excluding diaryl/α,β-unsaturated/α-hetero) is 2. The maximum absolute atomic E-state index is 14.1. The van der Waals surface area contributed by atoms with Crippen LogP contribution in [0.4, 0.5) is 0 Å². The highest BCUT2D eigenvalue weighted by Crippen LogP contribution is 2.33. The second-order valence-corrected chi connectivity index (χ2v) is 13.9. The van der Waals surface area contributed by atoms with Crippen molar-refractivity contribution in [3.63, 3.8) is 0 Å². The molecule has 0 bridgehead atoms. The molecule has 1 atom stereocenters. The molecule has 0 aromatic heterocycles. The summed E-state index contributed by atoms with van der Waals surface area (Å²) >= 11 is 4.92. The molecule has 2 nitrogen and oxygen atoms in total. The Morgan fingerprint density at radius 2 is 1.00 bits per heavy atom. The van der Waals surface area contributed by atoms with Gasteiger partial charge in [0.1, 0.15) is 0 Å². The van der Waals surface area contributed by atoms with Gasteiger partial charge in [0, 0.05) is 41.2 Å². The van der Waals surface area contributed by atoms with Gasteiger partial charge in [-0.2, -0.15) is 0 Å². The lowest BCUT2D eigenvalue weighted by Crippen LogP contribution is -2.15. The van der Waals surface area contributed by atoms with Crippen LogP contribution < -0.4 is 0 Å². The number of rotatable bonds is 14. The van der Waals surface area contributed by atoms with Crippen LogP contribution in [0.2, 0.25) is 0 Å². The van der Waals surface area contributed by atoms with Crippen LogP contribution in [0.1, 0.15) is 34.1 Å². The molecule has 0 aliphatic heterocycles. The molecule has 0 spiro atoms. The van der Waals surface area contributed by atoms with Gasteiger partial charge in [0.2, 0.25) is 0 Å². The third kappa shape index (κ3) is 9.37. The summed E-state index contributed by atoms with van der Waals surface area (Å²) in [6.07, 6.45) is 6.16. The molecule has 228 valence electrons. The van der Waals surface area contributed by atoms with Crippen LogP contribution in [0.5, 0.6) is 0 Å². The van der Waals surface area contributed by atoms with Crippen molar-refractivity contribution in [3.8, 4) is 0 Å². The molecule has 5 heteroatoms. The van der Waals surface area contributed by atoms with E-state index in [1.807, 2.05) is 140 Å². The number of thioether (sulfide) groups is 1. The Kier molecular flexibility index (Phi) is 12.1. The lowest BCUT2D eigenvalue weighted by Gasteiger charge is -2.17. The Morgan fingerprint density at radius 1 is 0.587 bits per heavy atom. The minimum Gasteiger partial charge on any atom is -0.289 e. The quantitative estimate of drug-likeness (QED) is 0.0515. The fraction of sp³-hybridized carbons (Fsp3) is 0.0732. The minimum atomic E-state index is -0.240. The molecule has 0 fully saturated rings. The van der Waals surface area contributed by atoms with E-state index in [4.69, 9.17) is 0 Å². The summed E-state index contributed by atoms with van der Waals surface area (Å²) in [6.45, 7) is 6.08. The van der Waals surface area contributed by atoms with Crippen molar-refractivity contribution >= 4 is 46.9 Å². The number of allylic oxidation sites excluding steroid dienone is 3. The van der Waals surface area contributed by atoms with Gasteiger partial charge in [-0.25, -0.2) is 0 Å². The Hall–Kier alpha value is -4.29. The smallest absolute Gasteiger partial charge is 0.190 e. The molecule has 5 aromatic carbocycles. The zero-order valence-corrected chi connectivity index (χ0v) is 28.0. The molecule has 0 heterocycles. The Balaban J connectivity index is 1.36. The Labute approximate surface area is 284 Å². The maximum atomic E-state index is 14.1. The highest BCUT2D eigenvalue weighted by atomic mass is 32.2. The number of hydrogen-bond acceptors (Lipinski definition) is 5. The molecule has 1 unspecified atom stereocenters. The van der Waals surface area contributed by atoms with E-state index in [1.165, 1.54) is 0 Å². The van der Waals surface area contributed by atoms with Gasteiger partial charge in [-0.05, 0) is 104 Å². The predicted molar refractivity (Wildman–Crippen MR) is 195 cm³/mol. The molecule has 0 radical (unpaired) electrons. The highest BCUT2D eigenvalue weighted by Gasteiger charge is 2.22. The van der Waals surface area contributed by atoms with E-state index >= 15 is 0 Å². The molecule has 5 rings (SSSR count). The van der Waals surface area contributed by atoms with Crippen molar-refractivity contribution < 1.29 is 9.59 Å². The van der Waals surface area contributed by atoms with E-state index in [-0.39, 0.29) is 23.2 Å². The summed E-state index contributed by atoms with van der Waals surface area (Å²) in [6, 6.07) is 45.7. The first-order valence-electron chi connectivity index (χ1n) is 15.0. The van der Waals surface area contributed by atoms with E-state index in [0.29, 0.717) is 22.3 Å². The van der Waals surface area contributed by atoms with Gasteiger partial charge < -0.3 is 0 Å². The minimum absolute atomic E-state index is 0.0645. The van der Waals surface area contributed by atoms with Crippen LogP contribution in [0.25, 0.3) is 0 Å². The van der Waals surface area contributed by atoms with Gasteiger partial charge in [0.05, 0.1) is 5.25 Å². The summed E-state index contributed by atoms with van der Waals surface area (Å²) < 4.78 is 0. The summed E-state index contributed by atoms with van der Waals surface area (Å²) in [5.41, 5.74) is 2.25. The summed E-state index contributed by atoms with van der Waals surface area (Å²) in [4.78, 5) is 33.0. The van der Waals surface area contributed by atoms with Gasteiger partial charge in [0.15, 0.2) is 11.6 Å². The lowest BCUT2D eigenvalue weighted by atomic mass is 9.96. The maximum Gasteiger partial charge on any atom is 0.190 e. The van der Waals surface area contributed by atoms with Crippen LogP contribution in [0.15, 0.2) is 200 Å². The van der Waals surface area contributed by atoms with E-state index < -0.39 is 0 Å². The van der Waals surface area contributed by atoms with Gasteiger partial charge >= 0.3 is 0 Å². The second-order valence-electron chi connectivity index (χ2n) is 10.4. The standard InChI is InChI=1S/C41H34O2S3/c1-3-13-39(46-35-18-11-6-12-19-35)38(41(43)32-23-27-37(28-24-32)45-34-16-9-5-10-17-34)29-20-30(2)40(42)31-21-25-36(26-22-31)44-33-14-7-4-8-15-33/h3-19,21-29,39H,2,20H2,1H3/b13-3-,38-29+. The van der Waals surface area contributed by atoms with Crippen molar-refractivity contribution in [2.24, 2.45) is 0 Å². The zero-order valence-electron chi connectivity index (χ0n) is 25.5. The Bertz CT molecular complexity index is 1810. The average Bonchev–Trinajstić information content (AvgIpc) is 3.10. The first-order valence-corrected chi connectivity index (χ1v) is 17.5. The van der Waals surface area contributed by atoms with E-state index in [9.17, 15) is 9.59 Å². The molecular weight excluding hydrogens is 621 g/mol. The normalized spacial score (nSPS) is 12.2. The average molecular weight is 655 g/mol. The molecule has 0 amide bonds. The molecule has 0 saturated carbocycles. The first-order chi connectivity index (χ1) is 22.5. The van der Waals surface area contributed by atoms with Crippen LogP contribution in [0.3, 0.4) is 0 Å². The molecule has 5 aromatic rings. The number of carbonyl (C=O) groups is 2. The van der Waals surface area contributed by atoms with Gasteiger partial charge in [-0.15, -0.1) is 11.8 Å².